The van der Waals surface area contributed by atoms with Gasteiger partial charge in [0, 0.05) is 5.56 Å². The number of carbonyl (C=O) groups excluding carboxylic acids is 2. The van der Waals surface area contributed by atoms with Crippen LogP contribution in [0.1, 0.15) is 10.4 Å². The molecule has 2 aromatic rings. The molecule has 0 radical (unpaired) electrons. The maximum atomic E-state index is 14.3. The number of nitrogens with one attached hydrogen (secondary N) is 1. The third kappa shape index (κ3) is 5.97. The van der Waals surface area contributed by atoms with Gasteiger partial charge in [-0.15, -0.1) is 13.2 Å². The number of urea groups is 1. The van der Waals surface area contributed by atoms with Gasteiger partial charge in [-0.2, -0.15) is 8.78 Å². The van der Waals surface area contributed by atoms with Crippen LogP contribution in [0.3, 0.4) is 0 Å². The van der Waals surface area contributed by atoms with Gasteiger partial charge in [0.15, 0.2) is 5.75 Å². The first kappa shape index (κ1) is 25.1. The Labute approximate surface area is 177 Å². The minimum atomic E-state index is -5.77. The smallest absolute Gasteiger partial charge is 0.426 e. The fourth-order valence-electron chi connectivity index (χ4n) is 2.33. The van der Waals surface area contributed by atoms with Crippen LogP contribution >= 0.6 is 11.6 Å². The SMILES string of the molecule is NC(=O)NC(=O)c1c(F)cc(-c2cccc(Cl)c2OC(F)(F)C(F)OC(F)(F)F)cc1F. The van der Waals surface area contributed by atoms with Crippen LogP contribution in [0.25, 0.3) is 11.1 Å². The molecule has 0 spiro atoms. The summed E-state index contributed by atoms with van der Waals surface area (Å²) in [4.78, 5) is 22.3. The maximum absolute atomic E-state index is 14.3. The second kappa shape index (κ2) is 9.16. The van der Waals surface area contributed by atoms with E-state index >= 15 is 0 Å². The van der Waals surface area contributed by atoms with Crippen LogP contribution in [-0.4, -0.2) is 30.8 Å². The number of hydrogen-bond donors (Lipinski definition) is 2. The minimum absolute atomic E-state index is 0.439. The Morgan fingerprint density at radius 2 is 1.62 bits per heavy atom. The number of benzene rings is 2. The van der Waals surface area contributed by atoms with Crippen molar-refractivity contribution in [2.24, 2.45) is 5.73 Å². The number of halogens is 9. The highest BCUT2D eigenvalue weighted by atomic mass is 35.5. The molecule has 0 heterocycles. The maximum Gasteiger partial charge on any atom is 0.525 e. The van der Waals surface area contributed by atoms with E-state index in [-0.39, 0.29) is 0 Å². The quantitative estimate of drug-likeness (QED) is 0.561. The lowest BCUT2D eigenvalue weighted by Gasteiger charge is -2.24. The van der Waals surface area contributed by atoms with Crippen LogP contribution in [0.4, 0.5) is 39.9 Å². The normalized spacial score (nSPS) is 12.9. The molecule has 6 nitrogen and oxygen atoms in total. The third-order valence-electron chi connectivity index (χ3n) is 3.52. The van der Waals surface area contributed by atoms with Gasteiger partial charge in [0.2, 0.25) is 0 Å². The van der Waals surface area contributed by atoms with Gasteiger partial charge in [0.25, 0.3) is 5.91 Å². The Morgan fingerprint density at radius 3 is 2.12 bits per heavy atom. The van der Waals surface area contributed by atoms with Crippen molar-refractivity contribution in [3.05, 3.63) is 52.6 Å². The first-order valence-electron chi connectivity index (χ1n) is 7.96. The number of primary amides is 1. The topological polar surface area (TPSA) is 90.7 Å². The molecule has 0 saturated carbocycles. The number of alkyl halides is 6. The summed E-state index contributed by atoms with van der Waals surface area (Å²) < 4.78 is 112. The van der Waals surface area contributed by atoms with Crippen molar-refractivity contribution in [3.8, 4) is 16.9 Å². The van der Waals surface area contributed by atoms with E-state index in [1.165, 1.54) is 5.32 Å². The van der Waals surface area contributed by atoms with Gasteiger partial charge in [-0.1, -0.05) is 23.7 Å². The van der Waals surface area contributed by atoms with E-state index in [0.717, 1.165) is 18.2 Å². The zero-order chi connectivity index (χ0) is 24.4. The number of nitrogens with two attached hydrogens (primary N) is 1. The third-order valence-corrected chi connectivity index (χ3v) is 3.82. The molecule has 32 heavy (non-hydrogen) atoms. The summed E-state index contributed by atoms with van der Waals surface area (Å²) in [5, 5.41) is 0.714. The fraction of sp³-hybridized carbons (Fsp3) is 0.176. The van der Waals surface area contributed by atoms with Crippen LogP contribution in [0.15, 0.2) is 30.3 Å². The van der Waals surface area contributed by atoms with Gasteiger partial charge in [0.05, 0.1) is 5.02 Å². The molecule has 0 fully saturated rings. The number of carbonyl (C=O) groups is 2. The van der Waals surface area contributed by atoms with Crippen molar-refractivity contribution in [2.75, 3.05) is 0 Å². The Morgan fingerprint density at radius 1 is 1.06 bits per heavy atom. The lowest BCUT2D eigenvalue weighted by atomic mass is 10.0. The number of imide groups is 1. The Balaban J connectivity index is 2.50. The fourth-order valence-corrected chi connectivity index (χ4v) is 2.54. The molecule has 2 rings (SSSR count). The summed E-state index contributed by atoms with van der Waals surface area (Å²) in [5.74, 6) is -5.88. The zero-order valence-corrected chi connectivity index (χ0v) is 15.8. The second-order valence-electron chi connectivity index (χ2n) is 5.79. The van der Waals surface area contributed by atoms with E-state index in [1.807, 2.05) is 0 Å². The van der Waals surface area contributed by atoms with Crippen molar-refractivity contribution in [3.63, 3.8) is 0 Å². The molecule has 0 saturated heterocycles. The summed E-state index contributed by atoms with van der Waals surface area (Å²) in [6.45, 7) is 0. The number of para-hydroxylation sites is 1. The molecule has 15 heteroatoms. The van der Waals surface area contributed by atoms with Crippen LogP contribution in [-0.2, 0) is 4.74 Å². The summed E-state index contributed by atoms with van der Waals surface area (Å²) in [6.07, 6.45) is -15.3. The predicted molar refractivity (Wildman–Crippen MR) is 91.5 cm³/mol. The lowest BCUT2D eigenvalue weighted by molar-refractivity contribution is -0.411. The molecule has 1 atom stereocenters. The van der Waals surface area contributed by atoms with E-state index in [9.17, 15) is 44.7 Å². The van der Waals surface area contributed by atoms with Crippen LogP contribution in [0.2, 0.25) is 5.02 Å². The van der Waals surface area contributed by atoms with Crippen molar-refractivity contribution in [2.45, 2.75) is 18.8 Å². The van der Waals surface area contributed by atoms with Crippen LogP contribution in [0.5, 0.6) is 5.75 Å². The molecule has 0 aliphatic heterocycles. The lowest BCUT2D eigenvalue weighted by Crippen LogP contribution is -2.41. The molecule has 3 N–H and O–H groups in total. The number of rotatable bonds is 6. The average molecular weight is 493 g/mol. The number of ether oxygens (including phenoxy) is 2. The van der Waals surface area contributed by atoms with E-state index < -0.39 is 69.9 Å². The first-order valence-corrected chi connectivity index (χ1v) is 8.34. The summed E-state index contributed by atoms with van der Waals surface area (Å²) in [5.41, 5.74) is 2.22. The minimum Gasteiger partial charge on any atom is -0.426 e. The summed E-state index contributed by atoms with van der Waals surface area (Å²) >= 11 is 5.69. The molecular weight excluding hydrogens is 484 g/mol. The van der Waals surface area contributed by atoms with Gasteiger partial charge in [-0.05, 0) is 23.8 Å². The van der Waals surface area contributed by atoms with Gasteiger partial charge < -0.3 is 10.5 Å². The van der Waals surface area contributed by atoms with Crippen molar-refractivity contribution in [1.82, 2.24) is 5.32 Å². The molecule has 0 aliphatic carbocycles. The summed E-state index contributed by atoms with van der Waals surface area (Å²) in [7, 11) is 0. The molecule has 1 unspecified atom stereocenters. The molecule has 0 bridgehead atoms. The number of hydrogen-bond acceptors (Lipinski definition) is 4. The predicted octanol–water partition coefficient (Wildman–Crippen LogP) is 4.90. The molecular formula is C17H9ClF8N2O4. The Hall–Kier alpha value is -3.13. The van der Waals surface area contributed by atoms with E-state index in [1.54, 1.807) is 0 Å². The van der Waals surface area contributed by atoms with Gasteiger partial charge in [0.1, 0.15) is 17.2 Å². The van der Waals surface area contributed by atoms with Crippen LogP contribution < -0.4 is 15.8 Å². The van der Waals surface area contributed by atoms with Crippen molar-refractivity contribution in [1.29, 1.82) is 0 Å². The number of amides is 3. The first-order chi connectivity index (χ1) is 14.6. The van der Waals surface area contributed by atoms with E-state index in [4.69, 9.17) is 11.6 Å². The van der Waals surface area contributed by atoms with Gasteiger partial charge in [-0.3, -0.25) is 10.1 Å². The standard InChI is InChI=1S/C17H9ClF8N2O4/c18-8-3-1-2-7(12(8)31-16(22,23)14(21)32-17(24,25)26)6-4-9(19)11(10(20)5-6)13(29)28-15(27)30/h1-5,14H,(H3,27,28,29,30). The van der Waals surface area contributed by atoms with E-state index in [0.29, 0.717) is 12.1 Å². The monoisotopic (exact) mass is 492 g/mol. The van der Waals surface area contributed by atoms with Gasteiger partial charge >= 0.3 is 24.9 Å². The zero-order valence-electron chi connectivity index (χ0n) is 15.1. The molecule has 0 aliphatic rings. The van der Waals surface area contributed by atoms with Crippen LogP contribution in [0, 0.1) is 11.6 Å². The second-order valence-corrected chi connectivity index (χ2v) is 6.20. The Kier molecular flexibility index (Phi) is 7.19. The molecule has 0 aromatic heterocycles. The average Bonchev–Trinajstić information content (AvgIpc) is 2.60. The highest BCUT2D eigenvalue weighted by Gasteiger charge is 2.51. The van der Waals surface area contributed by atoms with Gasteiger partial charge in [-0.25, -0.2) is 22.7 Å². The largest absolute Gasteiger partial charge is 0.525 e. The Bertz CT molecular complexity index is 1020. The van der Waals surface area contributed by atoms with Crippen molar-refractivity contribution < 1.29 is 54.2 Å². The highest BCUT2D eigenvalue weighted by Crippen LogP contribution is 2.41. The molecule has 3 amide bonds. The van der Waals surface area contributed by atoms with E-state index in [2.05, 4.69) is 15.2 Å². The highest BCUT2D eigenvalue weighted by molar-refractivity contribution is 6.32. The van der Waals surface area contributed by atoms with Crippen molar-refractivity contribution >= 4 is 23.5 Å². The molecule has 174 valence electrons. The molecule has 2 aromatic carbocycles. The summed E-state index contributed by atoms with van der Waals surface area (Å²) in [6, 6.07) is 2.37.